The number of aryl methyl sites for hydroxylation is 3. The Morgan fingerprint density at radius 1 is 0.963 bits per heavy atom. The van der Waals surface area contributed by atoms with Gasteiger partial charge in [-0.1, -0.05) is 42.5 Å². The number of hydrogen-bond acceptors (Lipinski definition) is 4. The van der Waals surface area contributed by atoms with E-state index in [1.165, 1.54) is 0 Å². The first-order chi connectivity index (χ1) is 12.9. The van der Waals surface area contributed by atoms with Crippen LogP contribution in [-0.2, 0) is 0 Å². The summed E-state index contributed by atoms with van der Waals surface area (Å²) in [7, 11) is 0. The quantitative estimate of drug-likeness (QED) is 0.684. The number of benzene rings is 2. The molecule has 1 atom stereocenters. The number of nitrogens with one attached hydrogen (secondary N) is 2. The lowest BCUT2D eigenvalue weighted by Crippen LogP contribution is -2.17. The summed E-state index contributed by atoms with van der Waals surface area (Å²) in [6, 6.07) is 17.8. The van der Waals surface area contributed by atoms with Gasteiger partial charge in [-0.05, 0) is 50.5 Å². The Labute approximate surface area is 159 Å². The Balaban J connectivity index is 1.80. The van der Waals surface area contributed by atoms with Crippen LogP contribution in [-0.4, -0.2) is 15.9 Å². The van der Waals surface area contributed by atoms with Crippen LogP contribution in [0.1, 0.15) is 46.0 Å². The number of aromatic nitrogens is 2. The van der Waals surface area contributed by atoms with Crippen molar-refractivity contribution in [1.29, 1.82) is 0 Å². The standard InChI is InChI=1S/C22H24N4O/c1-14-10-11-15(2)19(12-14)26-22(27)20-13-21(25-17(4)24-20)23-16(3)18-8-6-5-7-9-18/h5-13,16H,1-4H3,(H,26,27)(H,23,24,25). The topological polar surface area (TPSA) is 66.9 Å². The first kappa shape index (κ1) is 18.6. The van der Waals surface area contributed by atoms with E-state index < -0.39 is 0 Å². The van der Waals surface area contributed by atoms with E-state index in [1.807, 2.05) is 50.2 Å². The Kier molecular flexibility index (Phi) is 5.50. The van der Waals surface area contributed by atoms with Crippen molar-refractivity contribution < 1.29 is 4.79 Å². The van der Waals surface area contributed by atoms with E-state index in [-0.39, 0.29) is 11.9 Å². The molecule has 1 unspecified atom stereocenters. The van der Waals surface area contributed by atoms with E-state index in [1.54, 1.807) is 13.0 Å². The van der Waals surface area contributed by atoms with Crippen molar-refractivity contribution >= 4 is 17.4 Å². The molecule has 3 rings (SSSR count). The lowest BCUT2D eigenvalue weighted by Gasteiger charge is -2.16. The van der Waals surface area contributed by atoms with Crippen LogP contribution in [0.3, 0.4) is 0 Å². The molecule has 0 fully saturated rings. The molecular weight excluding hydrogens is 336 g/mol. The number of anilines is 2. The van der Waals surface area contributed by atoms with E-state index in [4.69, 9.17) is 0 Å². The summed E-state index contributed by atoms with van der Waals surface area (Å²) < 4.78 is 0. The summed E-state index contributed by atoms with van der Waals surface area (Å²) in [5.41, 5.74) is 4.38. The molecule has 5 heteroatoms. The fourth-order valence-electron chi connectivity index (χ4n) is 2.86. The van der Waals surface area contributed by atoms with Crippen LogP contribution in [0, 0.1) is 20.8 Å². The van der Waals surface area contributed by atoms with Gasteiger partial charge >= 0.3 is 0 Å². The third-order valence-electron chi connectivity index (χ3n) is 4.38. The summed E-state index contributed by atoms with van der Waals surface area (Å²) in [5, 5.41) is 6.30. The van der Waals surface area contributed by atoms with Crippen LogP contribution >= 0.6 is 0 Å². The molecule has 1 aromatic heterocycles. The first-order valence-corrected chi connectivity index (χ1v) is 8.98. The molecule has 27 heavy (non-hydrogen) atoms. The maximum Gasteiger partial charge on any atom is 0.274 e. The predicted octanol–water partition coefficient (Wildman–Crippen LogP) is 4.83. The van der Waals surface area contributed by atoms with E-state index in [2.05, 4.69) is 39.7 Å². The monoisotopic (exact) mass is 360 g/mol. The van der Waals surface area contributed by atoms with Gasteiger partial charge in [0, 0.05) is 17.8 Å². The Morgan fingerprint density at radius 2 is 1.70 bits per heavy atom. The molecule has 3 aromatic rings. The lowest BCUT2D eigenvalue weighted by atomic mass is 10.1. The zero-order valence-corrected chi connectivity index (χ0v) is 16.1. The van der Waals surface area contributed by atoms with E-state index in [9.17, 15) is 4.79 Å². The minimum Gasteiger partial charge on any atom is -0.363 e. The summed E-state index contributed by atoms with van der Waals surface area (Å²) in [6.45, 7) is 7.81. The van der Waals surface area contributed by atoms with Crippen molar-refractivity contribution in [3.8, 4) is 0 Å². The van der Waals surface area contributed by atoms with Gasteiger partial charge < -0.3 is 10.6 Å². The normalized spacial score (nSPS) is 11.7. The highest BCUT2D eigenvalue weighted by molar-refractivity contribution is 6.03. The Morgan fingerprint density at radius 3 is 2.44 bits per heavy atom. The third kappa shape index (κ3) is 4.70. The summed E-state index contributed by atoms with van der Waals surface area (Å²) in [4.78, 5) is 21.4. The predicted molar refractivity (Wildman–Crippen MR) is 109 cm³/mol. The number of hydrogen-bond donors (Lipinski definition) is 2. The third-order valence-corrected chi connectivity index (χ3v) is 4.38. The number of carbonyl (C=O) groups excluding carboxylic acids is 1. The molecule has 0 aliphatic carbocycles. The van der Waals surface area contributed by atoms with Crippen molar-refractivity contribution in [2.24, 2.45) is 0 Å². The fourth-order valence-corrected chi connectivity index (χ4v) is 2.86. The van der Waals surface area contributed by atoms with Crippen LogP contribution in [0.4, 0.5) is 11.5 Å². The molecule has 0 saturated heterocycles. The molecule has 2 aromatic carbocycles. The summed E-state index contributed by atoms with van der Waals surface area (Å²) >= 11 is 0. The second-order valence-electron chi connectivity index (χ2n) is 6.73. The van der Waals surface area contributed by atoms with Gasteiger partial charge in [-0.2, -0.15) is 0 Å². The maximum atomic E-state index is 12.7. The molecule has 1 amide bonds. The zero-order chi connectivity index (χ0) is 19.4. The molecular formula is C22H24N4O. The van der Waals surface area contributed by atoms with Crippen LogP contribution in [0.15, 0.2) is 54.6 Å². The fraction of sp³-hybridized carbons (Fsp3) is 0.227. The summed E-state index contributed by atoms with van der Waals surface area (Å²) in [6.07, 6.45) is 0. The molecule has 0 bridgehead atoms. The van der Waals surface area contributed by atoms with Crippen molar-refractivity contribution in [1.82, 2.24) is 9.97 Å². The molecule has 0 radical (unpaired) electrons. The van der Waals surface area contributed by atoms with Crippen LogP contribution < -0.4 is 10.6 Å². The van der Waals surface area contributed by atoms with Crippen molar-refractivity contribution in [3.63, 3.8) is 0 Å². The number of carbonyl (C=O) groups is 1. The smallest absolute Gasteiger partial charge is 0.274 e. The van der Waals surface area contributed by atoms with Crippen molar-refractivity contribution in [2.45, 2.75) is 33.7 Å². The average Bonchev–Trinajstić information content (AvgIpc) is 2.65. The first-order valence-electron chi connectivity index (χ1n) is 8.98. The molecule has 138 valence electrons. The molecule has 0 spiro atoms. The van der Waals surface area contributed by atoms with Gasteiger partial charge in [0.1, 0.15) is 17.3 Å². The second-order valence-corrected chi connectivity index (χ2v) is 6.73. The van der Waals surface area contributed by atoms with E-state index in [0.29, 0.717) is 17.3 Å². The van der Waals surface area contributed by atoms with Crippen molar-refractivity contribution in [2.75, 3.05) is 10.6 Å². The van der Waals surface area contributed by atoms with Crippen molar-refractivity contribution in [3.05, 3.63) is 82.8 Å². The zero-order valence-electron chi connectivity index (χ0n) is 16.1. The van der Waals surface area contributed by atoms with Gasteiger partial charge in [-0.25, -0.2) is 9.97 Å². The van der Waals surface area contributed by atoms with Gasteiger partial charge in [0.05, 0.1) is 0 Å². The van der Waals surface area contributed by atoms with E-state index in [0.717, 1.165) is 22.4 Å². The highest BCUT2D eigenvalue weighted by Crippen LogP contribution is 2.20. The van der Waals surface area contributed by atoms with Crippen LogP contribution in [0.2, 0.25) is 0 Å². The van der Waals surface area contributed by atoms with Gasteiger partial charge in [-0.3, -0.25) is 4.79 Å². The number of amides is 1. The Hall–Kier alpha value is -3.21. The van der Waals surface area contributed by atoms with Gasteiger partial charge in [-0.15, -0.1) is 0 Å². The van der Waals surface area contributed by atoms with E-state index >= 15 is 0 Å². The average molecular weight is 360 g/mol. The largest absolute Gasteiger partial charge is 0.363 e. The van der Waals surface area contributed by atoms with Gasteiger partial charge in [0.2, 0.25) is 0 Å². The highest BCUT2D eigenvalue weighted by Gasteiger charge is 2.14. The van der Waals surface area contributed by atoms with Gasteiger partial charge in [0.25, 0.3) is 5.91 Å². The van der Waals surface area contributed by atoms with Gasteiger partial charge in [0.15, 0.2) is 0 Å². The van der Waals surface area contributed by atoms with Crippen LogP contribution in [0.25, 0.3) is 0 Å². The molecule has 2 N–H and O–H groups in total. The molecule has 5 nitrogen and oxygen atoms in total. The maximum absolute atomic E-state index is 12.7. The molecule has 0 aliphatic heterocycles. The van der Waals surface area contributed by atoms with Crippen LogP contribution in [0.5, 0.6) is 0 Å². The number of rotatable bonds is 5. The lowest BCUT2D eigenvalue weighted by molar-refractivity contribution is 0.102. The number of nitrogens with zero attached hydrogens (tertiary/aromatic N) is 2. The minimum atomic E-state index is -0.246. The molecule has 0 saturated carbocycles. The molecule has 0 aliphatic rings. The molecule has 1 heterocycles. The SMILES string of the molecule is Cc1ccc(C)c(NC(=O)c2cc(NC(C)c3ccccc3)nc(C)n2)c1. The minimum absolute atomic E-state index is 0.0652. The second kappa shape index (κ2) is 7.99. The summed E-state index contributed by atoms with van der Waals surface area (Å²) in [5.74, 6) is 0.931. The highest BCUT2D eigenvalue weighted by atomic mass is 16.1. The Bertz CT molecular complexity index is 954.